The van der Waals surface area contributed by atoms with Crippen molar-refractivity contribution >= 4 is 44.2 Å². The molecule has 2 aromatic carbocycles. The summed E-state index contributed by atoms with van der Waals surface area (Å²) in [5, 5.41) is 13.9. The summed E-state index contributed by atoms with van der Waals surface area (Å²) in [7, 11) is 0. The van der Waals surface area contributed by atoms with Gasteiger partial charge in [0.05, 0.1) is 21.6 Å². The molecule has 0 unspecified atom stereocenters. The maximum Gasteiger partial charge on any atom is 0.329 e. The van der Waals surface area contributed by atoms with Crippen LogP contribution in [0.15, 0.2) is 39.6 Å². The molecule has 0 atom stereocenters. The minimum absolute atomic E-state index is 0.107. The van der Waals surface area contributed by atoms with E-state index in [0.29, 0.717) is 34.3 Å². The Balaban J connectivity index is 2.04. The van der Waals surface area contributed by atoms with Gasteiger partial charge in [-0.1, -0.05) is 6.07 Å². The van der Waals surface area contributed by atoms with Gasteiger partial charge in [0.1, 0.15) is 0 Å². The first-order chi connectivity index (χ1) is 13.3. The van der Waals surface area contributed by atoms with Gasteiger partial charge in [0.15, 0.2) is 0 Å². The summed E-state index contributed by atoms with van der Waals surface area (Å²) in [5.41, 5.74) is 2.41. The third kappa shape index (κ3) is 3.33. The number of halogens is 1. The number of aryl methyl sites for hydroxylation is 3. The van der Waals surface area contributed by atoms with Gasteiger partial charge >= 0.3 is 5.69 Å². The third-order valence-electron chi connectivity index (χ3n) is 4.66. The molecule has 0 aliphatic rings. The number of rotatable bonds is 5. The minimum atomic E-state index is -0.512. The molecule has 0 saturated carbocycles. The molecule has 146 valence electrons. The molecule has 1 amide bonds. The molecule has 0 aliphatic heterocycles. The van der Waals surface area contributed by atoms with Crippen molar-refractivity contribution in [3.63, 3.8) is 0 Å². The van der Waals surface area contributed by atoms with Crippen LogP contribution in [-0.2, 0) is 13.1 Å². The third-order valence-corrected chi connectivity index (χ3v) is 5.31. The Kier molecular flexibility index (Phi) is 5.37. The van der Waals surface area contributed by atoms with Crippen LogP contribution in [0, 0.1) is 17.0 Å². The fourth-order valence-corrected chi connectivity index (χ4v) is 3.61. The van der Waals surface area contributed by atoms with Crippen molar-refractivity contribution in [3.8, 4) is 0 Å². The number of aromatic nitrogens is 2. The molecule has 8 nitrogen and oxygen atoms in total. The normalized spacial score (nSPS) is 11.0. The maximum absolute atomic E-state index is 12.6. The molecule has 3 rings (SSSR count). The van der Waals surface area contributed by atoms with Crippen LogP contribution in [0.1, 0.15) is 29.8 Å². The molecular formula is C19H19BrN4O4. The Morgan fingerprint density at radius 2 is 1.75 bits per heavy atom. The lowest BCUT2D eigenvalue weighted by atomic mass is 10.1. The van der Waals surface area contributed by atoms with E-state index in [9.17, 15) is 19.7 Å². The fourth-order valence-electron chi connectivity index (χ4n) is 3.18. The molecule has 3 aromatic rings. The Hall–Kier alpha value is -2.94. The van der Waals surface area contributed by atoms with E-state index < -0.39 is 10.8 Å². The summed E-state index contributed by atoms with van der Waals surface area (Å²) in [5.74, 6) is -0.469. The van der Waals surface area contributed by atoms with Gasteiger partial charge in [0.25, 0.3) is 11.6 Å². The second-order valence-electron chi connectivity index (χ2n) is 6.30. The van der Waals surface area contributed by atoms with Crippen molar-refractivity contribution < 1.29 is 9.72 Å². The van der Waals surface area contributed by atoms with Gasteiger partial charge in [-0.15, -0.1) is 0 Å². The van der Waals surface area contributed by atoms with Crippen molar-refractivity contribution in [2.24, 2.45) is 0 Å². The van der Waals surface area contributed by atoms with Crippen molar-refractivity contribution in [3.05, 3.63) is 66.5 Å². The quantitative estimate of drug-likeness (QED) is 0.471. The van der Waals surface area contributed by atoms with Gasteiger partial charge in [-0.05, 0) is 54.9 Å². The second kappa shape index (κ2) is 7.59. The standard InChI is InChI=1S/C19H19BrN4O4/c1-4-22-16-9-13(20)14(10-17(16)23(5-2)19(22)26)21-18(25)12-7-6-11(3)15(8-12)24(27)28/h6-10H,4-5H2,1-3H3,(H,21,25). The Bertz CT molecular complexity index is 1160. The minimum Gasteiger partial charge on any atom is -0.321 e. The summed E-state index contributed by atoms with van der Waals surface area (Å²) in [6.45, 7) is 6.43. The molecule has 1 heterocycles. The average molecular weight is 447 g/mol. The van der Waals surface area contributed by atoms with Crippen molar-refractivity contribution in [2.75, 3.05) is 5.32 Å². The topological polar surface area (TPSA) is 99.2 Å². The predicted molar refractivity (Wildman–Crippen MR) is 111 cm³/mol. The monoisotopic (exact) mass is 446 g/mol. The van der Waals surface area contributed by atoms with Crippen LogP contribution in [0.2, 0.25) is 0 Å². The first kappa shape index (κ1) is 19.8. The molecule has 0 aliphatic carbocycles. The van der Waals surface area contributed by atoms with E-state index in [1.807, 2.05) is 13.8 Å². The van der Waals surface area contributed by atoms with E-state index in [1.165, 1.54) is 6.07 Å². The molecule has 0 fully saturated rings. The number of nitro benzene ring substituents is 1. The van der Waals surface area contributed by atoms with E-state index in [2.05, 4.69) is 21.2 Å². The number of carbonyl (C=O) groups excluding carboxylic acids is 1. The van der Waals surface area contributed by atoms with Crippen LogP contribution >= 0.6 is 15.9 Å². The van der Waals surface area contributed by atoms with Gasteiger partial charge in [-0.25, -0.2) is 4.79 Å². The number of nitrogens with one attached hydrogen (secondary N) is 1. The Morgan fingerprint density at radius 1 is 1.14 bits per heavy atom. The number of anilines is 1. The largest absolute Gasteiger partial charge is 0.329 e. The molecule has 0 saturated heterocycles. The van der Waals surface area contributed by atoms with E-state index in [4.69, 9.17) is 0 Å². The summed E-state index contributed by atoms with van der Waals surface area (Å²) in [4.78, 5) is 35.8. The number of nitro groups is 1. The molecule has 9 heteroatoms. The van der Waals surface area contributed by atoms with Crippen LogP contribution in [-0.4, -0.2) is 20.0 Å². The number of fused-ring (bicyclic) bond motifs is 1. The molecule has 1 N–H and O–H groups in total. The average Bonchev–Trinajstić information content (AvgIpc) is 2.91. The molecule has 1 aromatic heterocycles. The first-order valence-corrected chi connectivity index (χ1v) is 9.56. The van der Waals surface area contributed by atoms with E-state index in [1.54, 1.807) is 40.3 Å². The van der Waals surface area contributed by atoms with Crippen LogP contribution in [0.3, 0.4) is 0 Å². The summed E-state index contributed by atoms with van der Waals surface area (Å²) in [6, 6.07) is 7.87. The number of benzene rings is 2. The zero-order valence-electron chi connectivity index (χ0n) is 15.7. The highest BCUT2D eigenvalue weighted by Crippen LogP contribution is 2.29. The number of hydrogen-bond acceptors (Lipinski definition) is 4. The SMILES string of the molecule is CCn1c(=O)n(CC)c2cc(NC(=O)c3ccc(C)c([N+](=O)[O-])c3)c(Br)cc21. The number of imidazole rings is 1. The zero-order chi connectivity index (χ0) is 20.6. The van der Waals surface area contributed by atoms with E-state index >= 15 is 0 Å². The highest BCUT2D eigenvalue weighted by atomic mass is 79.9. The van der Waals surface area contributed by atoms with Gasteiger partial charge in [-0.2, -0.15) is 0 Å². The lowest BCUT2D eigenvalue weighted by Crippen LogP contribution is -2.23. The molecule has 0 radical (unpaired) electrons. The number of amides is 1. The lowest BCUT2D eigenvalue weighted by molar-refractivity contribution is -0.385. The van der Waals surface area contributed by atoms with Crippen LogP contribution < -0.4 is 11.0 Å². The van der Waals surface area contributed by atoms with Gasteiger partial charge < -0.3 is 5.32 Å². The Morgan fingerprint density at radius 3 is 2.32 bits per heavy atom. The number of nitrogens with zero attached hydrogens (tertiary/aromatic N) is 3. The zero-order valence-corrected chi connectivity index (χ0v) is 17.2. The predicted octanol–water partition coefficient (Wildman–Crippen LogP) is 4.07. The molecule has 0 spiro atoms. The summed E-state index contributed by atoms with van der Waals surface area (Å²) < 4.78 is 3.92. The van der Waals surface area contributed by atoms with Crippen molar-refractivity contribution in [2.45, 2.75) is 33.9 Å². The van der Waals surface area contributed by atoms with E-state index in [0.717, 1.165) is 5.52 Å². The summed E-state index contributed by atoms with van der Waals surface area (Å²) >= 11 is 3.44. The first-order valence-electron chi connectivity index (χ1n) is 8.77. The maximum atomic E-state index is 12.6. The number of carbonyl (C=O) groups is 1. The molecular weight excluding hydrogens is 428 g/mol. The van der Waals surface area contributed by atoms with E-state index in [-0.39, 0.29) is 16.9 Å². The van der Waals surface area contributed by atoms with Gasteiger partial charge in [0.2, 0.25) is 0 Å². The lowest BCUT2D eigenvalue weighted by Gasteiger charge is -2.10. The molecule has 28 heavy (non-hydrogen) atoms. The fraction of sp³-hybridized carbons (Fsp3) is 0.263. The Labute approximate surface area is 169 Å². The van der Waals surface area contributed by atoms with Crippen molar-refractivity contribution in [1.82, 2.24) is 9.13 Å². The van der Waals surface area contributed by atoms with Crippen LogP contribution in [0.25, 0.3) is 11.0 Å². The highest BCUT2D eigenvalue weighted by molar-refractivity contribution is 9.10. The number of hydrogen-bond donors (Lipinski definition) is 1. The highest BCUT2D eigenvalue weighted by Gasteiger charge is 2.18. The molecule has 0 bridgehead atoms. The van der Waals surface area contributed by atoms with Crippen molar-refractivity contribution in [1.29, 1.82) is 0 Å². The van der Waals surface area contributed by atoms with Crippen LogP contribution in [0.5, 0.6) is 0 Å². The smallest absolute Gasteiger partial charge is 0.321 e. The van der Waals surface area contributed by atoms with Gasteiger partial charge in [0, 0.05) is 34.8 Å². The summed E-state index contributed by atoms with van der Waals surface area (Å²) in [6.07, 6.45) is 0. The van der Waals surface area contributed by atoms with Gasteiger partial charge in [-0.3, -0.25) is 24.0 Å². The van der Waals surface area contributed by atoms with Crippen LogP contribution in [0.4, 0.5) is 11.4 Å². The second-order valence-corrected chi connectivity index (χ2v) is 7.16.